The zero-order valence-electron chi connectivity index (χ0n) is 41.7. The first-order valence-electron chi connectivity index (χ1n) is 24.8. The summed E-state index contributed by atoms with van der Waals surface area (Å²) in [6.45, 7) is 5.81. The molecule has 0 bridgehead atoms. The Bertz CT molecular complexity index is 3280. The Labute approximate surface area is 430 Å². The van der Waals surface area contributed by atoms with E-state index in [1.165, 1.54) is 22.3 Å². The van der Waals surface area contributed by atoms with Crippen LogP contribution < -0.4 is 0 Å². The van der Waals surface area contributed by atoms with Crippen LogP contribution in [0.15, 0.2) is 213 Å². The van der Waals surface area contributed by atoms with Gasteiger partial charge in [-0.2, -0.15) is 0 Å². The summed E-state index contributed by atoms with van der Waals surface area (Å²) in [6, 6.07) is 78.4. The van der Waals surface area contributed by atoms with E-state index in [4.69, 9.17) is 7.73 Å². The van der Waals surface area contributed by atoms with Gasteiger partial charge in [0.15, 0.2) is 0 Å². The molecular formula is C66H54IrN3. The normalized spacial score (nSPS) is 11.9. The van der Waals surface area contributed by atoms with Crippen molar-refractivity contribution in [2.75, 3.05) is 0 Å². The molecule has 0 saturated heterocycles. The van der Waals surface area contributed by atoms with E-state index in [0.717, 1.165) is 98.3 Å². The van der Waals surface area contributed by atoms with Gasteiger partial charge in [-0.25, -0.2) is 0 Å². The summed E-state index contributed by atoms with van der Waals surface area (Å²) in [6.07, 6.45) is 7.27. The summed E-state index contributed by atoms with van der Waals surface area (Å²) in [7, 11) is 0. The first-order valence-corrected chi connectivity index (χ1v) is 23.8. The Balaban J connectivity index is 0.00000640. The number of aromatic nitrogens is 3. The molecule has 10 aromatic rings. The van der Waals surface area contributed by atoms with Crippen LogP contribution in [0.5, 0.6) is 0 Å². The second-order valence-corrected chi connectivity index (χ2v) is 18.7. The molecule has 0 fully saturated rings. The van der Waals surface area contributed by atoms with Crippen LogP contribution in [0.2, 0.25) is 0 Å². The average molecular weight is 1080 g/mol. The Morgan fingerprint density at radius 3 is 1.47 bits per heavy atom. The van der Waals surface area contributed by atoms with Gasteiger partial charge in [0.2, 0.25) is 0 Å². The average Bonchev–Trinajstić information content (AvgIpc) is 3.42. The van der Waals surface area contributed by atoms with Gasteiger partial charge < -0.3 is 15.0 Å². The van der Waals surface area contributed by atoms with Crippen LogP contribution in [-0.2, 0) is 52.2 Å². The van der Waals surface area contributed by atoms with Gasteiger partial charge in [0.05, 0.1) is 0 Å². The van der Waals surface area contributed by atoms with E-state index in [1.807, 2.05) is 81.7 Å². The fraction of sp³-hybridized carbons (Fsp3) is 0.136. The zero-order chi connectivity index (χ0) is 48.8. The van der Waals surface area contributed by atoms with Crippen molar-refractivity contribution in [2.45, 2.75) is 52.8 Å². The summed E-state index contributed by atoms with van der Waals surface area (Å²) < 4.78 is 18.1. The number of aryl methyl sites for hydroxylation is 4. The first-order chi connectivity index (χ1) is 34.6. The molecule has 7 aromatic carbocycles. The van der Waals surface area contributed by atoms with Gasteiger partial charge in [0.25, 0.3) is 0 Å². The maximum Gasteiger partial charge on any atom is 3.00 e. The number of benzene rings is 7. The molecule has 0 radical (unpaired) electrons. The van der Waals surface area contributed by atoms with E-state index in [0.29, 0.717) is 11.3 Å². The van der Waals surface area contributed by atoms with Crippen LogP contribution in [0.25, 0.3) is 78.3 Å². The van der Waals surface area contributed by atoms with Gasteiger partial charge in [-0.3, -0.25) is 0 Å². The SMILES string of the molecule is [2H]C([2H])(c1ccnc(-c2[c-]cc(-c3ccccc3-c3cc(CCc4c[c-]c(-c5ccccn5)cc4)cc(CCc4c[c-]c(-c5ccccn5)cc4)c3)c(-c3ccc(-c4ccccc4)cc3)c2)c1)C(C)(C)C.[Ir+3]. The van der Waals surface area contributed by atoms with Gasteiger partial charge in [-0.1, -0.05) is 183 Å². The number of hydrogen-bond acceptors (Lipinski definition) is 3. The molecule has 4 heteroatoms. The molecule has 3 aromatic heterocycles. The molecule has 0 saturated carbocycles. The third-order valence-corrected chi connectivity index (χ3v) is 12.4. The monoisotopic (exact) mass is 1080 g/mol. The molecule has 70 heavy (non-hydrogen) atoms. The minimum Gasteiger partial charge on any atom is -0.305 e. The molecule has 0 unspecified atom stereocenters. The maximum absolute atomic E-state index is 9.06. The van der Waals surface area contributed by atoms with Gasteiger partial charge >= 0.3 is 20.1 Å². The molecule has 3 nitrogen and oxygen atoms in total. The van der Waals surface area contributed by atoms with Crippen LogP contribution in [0.1, 0.15) is 51.3 Å². The van der Waals surface area contributed by atoms with Crippen molar-refractivity contribution in [3.8, 4) is 78.3 Å². The summed E-state index contributed by atoms with van der Waals surface area (Å²) in [5.41, 5.74) is 19.2. The van der Waals surface area contributed by atoms with Gasteiger partial charge in [-0.05, 0) is 98.9 Å². The van der Waals surface area contributed by atoms with Gasteiger partial charge in [-0.15, -0.1) is 94.5 Å². The third-order valence-electron chi connectivity index (χ3n) is 12.4. The van der Waals surface area contributed by atoms with E-state index in [1.54, 1.807) is 12.3 Å². The molecule has 342 valence electrons. The van der Waals surface area contributed by atoms with Crippen LogP contribution in [0.4, 0.5) is 0 Å². The summed E-state index contributed by atoms with van der Waals surface area (Å²) >= 11 is 0. The van der Waals surface area contributed by atoms with Crippen molar-refractivity contribution in [2.24, 2.45) is 5.41 Å². The van der Waals surface area contributed by atoms with E-state index in [-0.39, 0.29) is 20.1 Å². The Morgan fingerprint density at radius 2 is 0.900 bits per heavy atom. The molecule has 0 N–H and O–H groups in total. The van der Waals surface area contributed by atoms with Crippen molar-refractivity contribution < 1.29 is 22.8 Å². The summed E-state index contributed by atoms with van der Waals surface area (Å²) in [5.74, 6) is 0. The van der Waals surface area contributed by atoms with E-state index >= 15 is 0 Å². The number of rotatable bonds is 14. The van der Waals surface area contributed by atoms with Gasteiger partial charge in [0.1, 0.15) is 0 Å². The van der Waals surface area contributed by atoms with Crippen molar-refractivity contribution >= 4 is 0 Å². The largest absolute Gasteiger partial charge is 3.00 e. The predicted molar refractivity (Wildman–Crippen MR) is 285 cm³/mol. The minimum absolute atomic E-state index is 0. The van der Waals surface area contributed by atoms with Crippen LogP contribution in [-0.4, -0.2) is 15.0 Å². The third kappa shape index (κ3) is 11.7. The zero-order valence-corrected chi connectivity index (χ0v) is 42.1. The summed E-state index contributed by atoms with van der Waals surface area (Å²) in [5, 5.41) is 0. The van der Waals surface area contributed by atoms with Gasteiger partial charge in [0, 0.05) is 21.3 Å². The van der Waals surface area contributed by atoms with Crippen LogP contribution >= 0.6 is 0 Å². The number of hydrogen-bond donors (Lipinski definition) is 0. The Hall–Kier alpha value is -7.36. The van der Waals surface area contributed by atoms with E-state index in [2.05, 4.69) is 168 Å². The number of nitrogens with zero attached hydrogens (tertiary/aromatic N) is 3. The maximum atomic E-state index is 9.06. The van der Waals surface area contributed by atoms with Crippen molar-refractivity contribution in [1.29, 1.82) is 0 Å². The molecule has 10 rings (SSSR count). The second-order valence-electron chi connectivity index (χ2n) is 18.7. The van der Waals surface area contributed by atoms with Crippen molar-refractivity contribution in [1.82, 2.24) is 15.0 Å². The fourth-order valence-corrected chi connectivity index (χ4v) is 9.00. The van der Waals surface area contributed by atoms with Crippen LogP contribution in [0.3, 0.4) is 0 Å². The molecule has 0 atom stereocenters. The molecule has 0 aliphatic carbocycles. The first kappa shape index (κ1) is 45.1. The Morgan fingerprint density at radius 1 is 0.371 bits per heavy atom. The standard InChI is InChI=1S/C66H54N3.Ir/c1-66(2,3)46-51-37-40-69-65(44-51)57-35-36-61(62(45-57)54-33-31-53(32-34-54)52-13-5-4-6-14-52)60-16-8-7-15-59(60)58-42-49(21-19-47-23-27-55(28-24-47)63-17-9-11-38-67-63)41-50(43-58)22-20-48-25-29-56(30-26-48)64-18-10-12-39-68-64;/h4-18,23-27,29,31-34,36-45H,19-22,46H2,1-3H3;/q-3;+3/i46D2;. The summed E-state index contributed by atoms with van der Waals surface area (Å²) in [4.78, 5) is 13.8. The number of pyridine rings is 3. The molecule has 3 heterocycles. The fourth-order valence-electron chi connectivity index (χ4n) is 9.00. The second kappa shape index (κ2) is 21.9. The molecular weight excluding hydrogens is 1030 g/mol. The quantitative estimate of drug-likeness (QED) is 0.102. The topological polar surface area (TPSA) is 38.7 Å². The molecule has 0 aliphatic heterocycles. The van der Waals surface area contributed by atoms with E-state index < -0.39 is 11.8 Å². The van der Waals surface area contributed by atoms with Crippen LogP contribution in [0, 0.1) is 23.6 Å². The predicted octanol–water partition coefficient (Wildman–Crippen LogP) is 16.1. The molecule has 0 spiro atoms. The smallest absolute Gasteiger partial charge is 0.305 e. The Kier molecular flexibility index (Phi) is 14.1. The van der Waals surface area contributed by atoms with Crippen molar-refractivity contribution in [3.05, 3.63) is 259 Å². The minimum atomic E-state index is -1.57. The van der Waals surface area contributed by atoms with Crippen molar-refractivity contribution in [3.63, 3.8) is 0 Å². The van der Waals surface area contributed by atoms with E-state index in [9.17, 15) is 0 Å². The molecule has 0 aliphatic rings. The molecule has 0 amide bonds.